The van der Waals surface area contributed by atoms with E-state index in [-0.39, 0.29) is 0 Å². The van der Waals surface area contributed by atoms with Crippen LogP contribution in [0.4, 0.5) is 5.69 Å². The summed E-state index contributed by atoms with van der Waals surface area (Å²) in [5.41, 5.74) is 2.77. The fourth-order valence-corrected chi connectivity index (χ4v) is 3.25. The molecule has 0 unspecified atom stereocenters. The zero-order valence-corrected chi connectivity index (χ0v) is 10.5. The molecule has 0 aromatic heterocycles. The van der Waals surface area contributed by atoms with Crippen molar-refractivity contribution in [2.45, 2.75) is 11.4 Å². The Bertz CT molecular complexity index is 495. The first kappa shape index (κ1) is 10.7. The van der Waals surface area contributed by atoms with E-state index in [1.165, 1.54) is 21.9 Å². The Morgan fingerprint density at radius 3 is 2.59 bits per heavy atom. The lowest BCUT2D eigenvalue weighted by Crippen LogP contribution is -2.28. The van der Waals surface area contributed by atoms with E-state index in [0.29, 0.717) is 0 Å². The van der Waals surface area contributed by atoms with E-state index >= 15 is 0 Å². The summed E-state index contributed by atoms with van der Waals surface area (Å²) in [7, 11) is 0. The van der Waals surface area contributed by atoms with Crippen molar-refractivity contribution in [3.05, 3.63) is 60.2 Å². The highest BCUT2D eigenvalue weighted by molar-refractivity contribution is 7.99. The first-order valence-electron chi connectivity index (χ1n) is 5.94. The van der Waals surface area contributed by atoms with Gasteiger partial charge in [0.2, 0.25) is 0 Å². The summed E-state index contributed by atoms with van der Waals surface area (Å²) in [5, 5.41) is 0. The van der Waals surface area contributed by atoms with E-state index < -0.39 is 0 Å². The van der Waals surface area contributed by atoms with Crippen molar-refractivity contribution in [3.63, 3.8) is 0 Å². The van der Waals surface area contributed by atoms with Crippen LogP contribution in [0.15, 0.2) is 59.5 Å². The summed E-state index contributed by atoms with van der Waals surface area (Å²) in [5.74, 6) is 1.18. The van der Waals surface area contributed by atoms with Crippen molar-refractivity contribution in [3.8, 4) is 0 Å². The van der Waals surface area contributed by atoms with Crippen molar-refractivity contribution in [1.29, 1.82) is 0 Å². The maximum atomic E-state index is 2.47. The number of benzene rings is 2. The number of fused-ring (bicyclic) bond motifs is 1. The van der Waals surface area contributed by atoms with Crippen molar-refractivity contribution in [1.82, 2.24) is 0 Å². The largest absolute Gasteiger partial charge is 0.365 e. The molecule has 0 bridgehead atoms. The van der Waals surface area contributed by atoms with Gasteiger partial charge >= 0.3 is 0 Å². The third-order valence-corrected chi connectivity index (χ3v) is 4.08. The quantitative estimate of drug-likeness (QED) is 0.786. The minimum absolute atomic E-state index is 1.01. The Morgan fingerprint density at radius 2 is 1.71 bits per heavy atom. The summed E-state index contributed by atoms with van der Waals surface area (Å²) in [6.45, 7) is 2.15. The Balaban J connectivity index is 1.86. The molecule has 0 radical (unpaired) electrons. The average molecular weight is 241 g/mol. The summed E-state index contributed by atoms with van der Waals surface area (Å²) >= 11 is 1.96. The van der Waals surface area contributed by atoms with E-state index in [1.54, 1.807) is 0 Å². The minimum Gasteiger partial charge on any atom is -0.365 e. The summed E-state index contributed by atoms with van der Waals surface area (Å²) in [6.07, 6.45) is 0. The monoisotopic (exact) mass is 241 g/mol. The van der Waals surface area contributed by atoms with Gasteiger partial charge in [0.1, 0.15) is 0 Å². The predicted molar refractivity (Wildman–Crippen MR) is 74.7 cm³/mol. The van der Waals surface area contributed by atoms with E-state index in [1.807, 2.05) is 11.8 Å². The molecule has 0 fully saturated rings. The number of thioether (sulfide) groups is 1. The fraction of sp³-hybridized carbons (Fsp3) is 0.200. The molecule has 0 amide bonds. The van der Waals surface area contributed by atoms with E-state index in [4.69, 9.17) is 0 Å². The second-order valence-corrected chi connectivity index (χ2v) is 5.36. The lowest BCUT2D eigenvalue weighted by molar-refractivity contribution is 0.817. The Morgan fingerprint density at radius 1 is 0.941 bits per heavy atom. The lowest BCUT2D eigenvalue weighted by Gasteiger charge is -2.30. The van der Waals surface area contributed by atoms with Crippen LogP contribution in [0.5, 0.6) is 0 Å². The van der Waals surface area contributed by atoms with Gasteiger partial charge in [-0.25, -0.2) is 0 Å². The SMILES string of the molecule is c1ccc(CN2CCSc3ccccc32)cc1. The van der Waals surface area contributed by atoms with Crippen LogP contribution in [0, 0.1) is 0 Å². The van der Waals surface area contributed by atoms with Crippen LogP contribution in [-0.4, -0.2) is 12.3 Å². The highest BCUT2D eigenvalue weighted by Crippen LogP contribution is 2.34. The number of rotatable bonds is 2. The maximum Gasteiger partial charge on any atom is 0.0507 e. The molecule has 0 saturated carbocycles. The normalized spacial score (nSPS) is 14.5. The number of nitrogens with zero attached hydrogens (tertiary/aromatic N) is 1. The molecular weight excluding hydrogens is 226 g/mol. The fourth-order valence-electron chi connectivity index (χ4n) is 2.19. The summed E-state index contributed by atoms with van der Waals surface area (Å²) in [6, 6.07) is 19.4. The first-order valence-corrected chi connectivity index (χ1v) is 6.93. The van der Waals surface area contributed by atoms with Crippen LogP contribution in [0.25, 0.3) is 0 Å². The zero-order chi connectivity index (χ0) is 11.5. The molecule has 1 heterocycles. The number of hydrogen-bond acceptors (Lipinski definition) is 2. The first-order chi connectivity index (χ1) is 8.43. The summed E-state index contributed by atoms with van der Waals surface area (Å²) in [4.78, 5) is 3.89. The molecule has 3 rings (SSSR count). The van der Waals surface area contributed by atoms with Crippen LogP contribution in [0.2, 0.25) is 0 Å². The van der Waals surface area contributed by atoms with Gasteiger partial charge < -0.3 is 4.90 Å². The number of anilines is 1. The minimum atomic E-state index is 1.01. The molecule has 0 atom stereocenters. The van der Waals surface area contributed by atoms with E-state index in [0.717, 1.165) is 13.1 Å². The van der Waals surface area contributed by atoms with Crippen LogP contribution in [-0.2, 0) is 6.54 Å². The smallest absolute Gasteiger partial charge is 0.0507 e. The Kier molecular flexibility index (Phi) is 3.06. The molecule has 1 nitrogen and oxygen atoms in total. The molecule has 86 valence electrons. The third kappa shape index (κ3) is 2.32. The van der Waals surface area contributed by atoms with Gasteiger partial charge in [0.25, 0.3) is 0 Å². The molecule has 0 aliphatic carbocycles. The summed E-state index contributed by atoms with van der Waals surface area (Å²) < 4.78 is 0. The molecule has 1 aliphatic heterocycles. The van der Waals surface area contributed by atoms with Crippen LogP contribution in [0.3, 0.4) is 0 Å². The Labute approximate surface area is 106 Å². The van der Waals surface area contributed by atoms with Crippen LogP contribution >= 0.6 is 11.8 Å². The molecule has 1 aliphatic rings. The highest BCUT2D eigenvalue weighted by atomic mass is 32.2. The van der Waals surface area contributed by atoms with Gasteiger partial charge in [-0.2, -0.15) is 0 Å². The maximum absolute atomic E-state index is 2.47. The molecule has 2 heteroatoms. The van der Waals surface area contributed by atoms with Crippen molar-refractivity contribution >= 4 is 17.4 Å². The van der Waals surface area contributed by atoms with Crippen molar-refractivity contribution in [2.75, 3.05) is 17.2 Å². The standard InChI is InChI=1S/C15H15NS/c1-2-6-13(7-3-1)12-16-10-11-17-15-9-5-4-8-14(15)16/h1-9H,10-12H2. The van der Waals surface area contributed by atoms with Crippen molar-refractivity contribution in [2.24, 2.45) is 0 Å². The van der Waals surface area contributed by atoms with E-state index in [9.17, 15) is 0 Å². The van der Waals surface area contributed by atoms with Gasteiger partial charge in [-0.15, -0.1) is 11.8 Å². The van der Waals surface area contributed by atoms with Crippen LogP contribution in [0.1, 0.15) is 5.56 Å². The number of para-hydroxylation sites is 1. The van der Waals surface area contributed by atoms with Gasteiger partial charge in [0.15, 0.2) is 0 Å². The highest BCUT2D eigenvalue weighted by Gasteiger charge is 2.16. The molecule has 17 heavy (non-hydrogen) atoms. The second kappa shape index (κ2) is 4.84. The molecular formula is C15H15NS. The van der Waals surface area contributed by atoms with Gasteiger partial charge in [0, 0.05) is 23.7 Å². The molecule has 0 spiro atoms. The second-order valence-electron chi connectivity index (χ2n) is 4.22. The van der Waals surface area contributed by atoms with Crippen molar-refractivity contribution < 1.29 is 0 Å². The lowest BCUT2D eigenvalue weighted by atomic mass is 10.2. The van der Waals surface area contributed by atoms with E-state index in [2.05, 4.69) is 59.5 Å². The van der Waals surface area contributed by atoms with Gasteiger partial charge in [-0.05, 0) is 17.7 Å². The molecule has 0 saturated heterocycles. The zero-order valence-electron chi connectivity index (χ0n) is 9.67. The third-order valence-electron chi connectivity index (χ3n) is 3.04. The van der Waals surface area contributed by atoms with Gasteiger partial charge in [-0.1, -0.05) is 42.5 Å². The topological polar surface area (TPSA) is 3.24 Å². The van der Waals surface area contributed by atoms with Gasteiger partial charge in [-0.3, -0.25) is 0 Å². The van der Waals surface area contributed by atoms with Gasteiger partial charge in [0.05, 0.1) is 5.69 Å². The molecule has 0 N–H and O–H groups in total. The Hall–Kier alpha value is -1.41. The average Bonchev–Trinajstić information content (AvgIpc) is 2.40. The molecule has 2 aromatic carbocycles. The molecule has 2 aromatic rings. The number of hydrogen-bond donors (Lipinski definition) is 0. The van der Waals surface area contributed by atoms with Crippen LogP contribution < -0.4 is 4.90 Å². The predicted octanol–water partition coefficient (Wildman–Crippen LogP) is 3.80.